The molecule has 0 aliphatic carbocycles. The lowest BCUT2D eigenvalue weighted by atomic mass is 9.98. The van der Waals surface area contributed by atoms with Gasteiger partial charge in [-0.2, -0.15) is 0 Å². The lowest BCUT2D eigenvalue weighted by Gasteiger charge is -2.42. The summed E-state index contributed by atoms with van der Waals surface area (Å²) in [5, 5.41) is 71.5. The first-order valence-corrected chi connectivity index (χ1v) is 20.6. The van der Waals surface area contributed by atoms with Gasteiger partial charge in [0.15, 0.2) is 18.7 Å². The molecule has 15 heteroatoms. The second-order valence-electron chi connectivity index (χ2n) is 14.8. The molecule has 0 saturated carbocycles. The summed E-state index contributed by atoms with van der Waals surface area (Å²) in [6.45, 7) is 2.46. The normalized spacial score (nSPS) is 29.2. The summed E-state index contributed by atoms with van der Waals surface area (Å²) in [6.07, 6.45) is 3.55. The van der Waals surface area contributed by atoms with Crippen molar-refractivity contribution in [3.63, 3.8) is 0 Å². The van der Waals surface area contributed by atoms with E-state index >= 15 is 0 Å². The Hall–Kier alpha value is -1.50. The van der Waals surface area contributed by atoms with Crippen molar-refractivity contribution in [2.75, 3.05) is 26.4 Å². The van der Waals surface area contributed by atoms with Crippen LogP contribution in [-0.4, -0.2) is 142 Å². The number of unbranched alkanes of at least 4 members (excludes halogenated alkanes) is 16. The molecule has 0 aromatic rings. The number of carbonyl (C=O) groups is 2. The standard InChI is InChI=1S/C39H72O15/c1-3-5-7-9-10-11-12-13-14-15-16-18-20-22-31(42)52-27(24-49-30(41)21-19-17-8-6-4-2)25-50-38-37(48)35(46)33(44)29(54-38)26-51-39-36(47)34(45)32(43)28(23-40)53-39/h27-29,32-40,43-48H,3-26H2,1-2H3/t27-,28-,29-,32+,33+,34+,35+,36-,37-,38-,39+/m1/s1. The first-order chi connectivity index (χ1) is 26.0. The Labute approximate surface area is 321 Å². The molecule has 2 saturated heterocycles. The summed E-state index contributed by atoms with van der Waals surface area (Å²) in [6, 6.07) is 0. The third kappa shape index (κ3) is 18.6. The Morgan fingerprint density at radius 2 is 0.944 bits per heavy atom. The molecule has 11 atom stereocenters. The van der Waals surface area contributed by atoms with E-state index in [1.165, 1.54) is 57.8 Å². The molecular weight excluding hydrogens is 708 g/mol. The molecule has 7 N–H and O–H groups in total. The third-order valence-corrected chi connectivity index (χ3v) is 10.1. The summed E-state index contributed by atoms with van der Waals surface area (Å²) in [4.78, 5) is 25.3. The van der Waals surface area contributed by atoms with Crippen LogP contribution >= 0.6 is 0 Å². The molecule has 0 unspecified atom stereocenters. The molecule has 2 aliphatic heterocycles. The van der Waals surface area contributed by atoms with E-state index in [9.17, 15) is 45.3 Å². The van der Waals surface area contributed by atoms with Gasteiger partial charge >= 0.3 is 11.9 Å². The van der Waals surface area contributed by atoms with Crippen LogP contribution in [0, 0.1) is 0 Å². The van der Waals surface area contributed by atoms with Crippen molar-refractivity contribution in [2.45, 2.75) is 210 Å². The SMILES string of the molecule is CCCCCCCCCCCCCCCC(=O)O[C@H](COC(=O)CCCCCCC)CO[C@@H]1O[C@H](CO[C@H]2O[C@H](CO)[C@H](O)[C@H](O)[C@H]2O)[C@H](O)[C@H](O)[C@H]1O. The fourth-order valence-corrected chi connectivity index (χ4v) is 6.57. The molecule has 2 rings (SSSR count). The molecule has 0 radical (unpaired) electrons. The molecule has 2 aliphatic rings. The Morgan fingerprint density at radius 1 is 0.519 bits per heavy atom. The molecule has 2 heterocycles. The lowest BCUT2D eigenvalue weighted by molar-refractivity contribution is -0.332. The van der Waals surface area contributed by atoms with Crippen LogP contribution < -0.4 is 0 Å². The van der Waals surface area contributed by atoms with Crippen LogP contribution in [0.2, 0.25) is 0 Å². The molecule has 2 fully saturated rings. The van der Waals surface area contributed by atoms with Gasteiger partial charge in [0.25, 0.3) is 0 Å². The predicted octanol–water partition coefficient (Wildman–Crippen LogP) is 2.92. The molecule has 0 aromatic heterocycles. The maximum atomic E-state index is 12.8. The monoisotopic (exact) mass is 780 g/mol. The van der Waals surface area contributed by atoms with Crippen LogP contribution in [0.3, 0.4) is 0 Å². The van der Waals surface area contributed by atoms with Crippen LogP contribution in [0.4, 0.5) is 0 Å². The van der Waals surface area contributed by atoms with Gasteiger partial charge in [-0.3, -0.25) is 9.59 Å². The van der Waals surface area contributed by atoms with E-state index in [2.05, 4.69) is 13.8 Å². The second-order valence-corrected chi connectivity index (χ2v) is 14.8. The number of aliphatic hydroxyl groups is 7. The first kappa shape index (κ1) is 48.6. The minimum atomic E-state index is -1.76. The van der Waals surface area contributed by atoms with Crippen molar-refractivity contribution in [1.29, 1.82) is 0 Å². The van der Waals surface area contributed by atoms with Crippen LogP contribution in [-0.2, 0) is 38.0 Å². The largest absolute Gasteiger partial charge is 0.462 e. The van der Waals surface area contributed by atoms with E-state index in [4.69, 9.17) is 28.4 Å². The molecule has 0 aromatic carbocycles. The van der Waals surface area contributed by atoms with Gasteiger partial charge in [-0.1, -0.05) is 117 Å². The Balaban J connectivity index is 1.86. The maximum Gasteiger partial charge on any atom is 0.306 e. The fourth-order valence-electron chi connectivity index (χ4n) is 6.57. The molecular formula is C39H72O15. The topological polar surface area (TPSA) is 231 Å². The van der Waals surface area contributed by atoms with Crippen LogP contribution in [0.25, 0.3) is 0 Å². The third-order valence-electron chi connectivity index (χ3n) is 10.1. The minimum Gasteiger partial charge on any atom is -0.462 e. The van der Waals surface area contributed by atoms with Crippen LogP contribution in [0.1, 0.15) is 142 Å². The number of hydrogen-bond donors (Lipinski definition) is 7. The van der Waals surface area contributed by atoms with E-state index in [0.717, 1.165) is 44.9 Å². The molecule has 0 bridgehead atoms. The van der Waals surface area contributed by atoms with Gasteiger partial charge in [-0.15, -0.1) is 0 Å². The zero-order chi connectivity index (χ0) is 39.7. The van der Waals surface area contributed by atoms with Gasteiger partial charge in [0.05, 0.1) is 19.8 Å². The predicted molar refractivity (Wildman–Crippen MR) is 197 cm³/mol. The average Bonchev–Trinajstić information content (AvgIpc) is 3.16. The zero-order valence-electron chi connectivity index (χ0n) is 32.7. The van der Waals surface area contributed by atoms with Crippen molar-refractivity contribution >= 4 is 11.9 Å². The smallest absolute Gasteiger partial charge is 0.306 e. The van der Waals surface area contributed by atoms with Crippen molar-refractivity contribution < 1.29 is 73.8 Å². The zero-order valence-corrected chi connectivity index (χ0v) is 32.7. The second kappa shape index (κ2) is 28.8. The van der Waals surface area contributed by atoms with E-state index in [1.807, 2.05) is 0 Å². The average molecular weight is 781 g/mol. The highest BCUT2D eigenvalue weighted by Gasteiger charge is 2.47. The van der Waals surface area contributed by atoms with Gasteiger partial charge in [0.2, 0.25) is 0 Å². The van der Waals surface area contributed by atoms with Gasteiger partial charge < -0.3 is 64.2 Å². The summed E-state index contributed by atoms with van der Waals surface area (Å²) >= 11 is 0. The molecule has 15 nitrogen and oxygen atoms in total. The summed E-state index contributed by atoms with van der Waals surface area (Å²) in [5.41, 5.74) is 0. The van der Waals surface area contributed by atoms with Crippen molar-refractivity contribution in [3.05, 3.63) is 0 Å². The van der Waals surface area contributed by atoms with E-state index < -0.39 is 92.7 Å². The van der Waals surface area contributed by atoms with Gasteiger partial charge in [0.1, 0.15) is 55.4 Å². The van der Waals surface area contributed by atoms with Crippen LogP contribution in [0.15, 0.2) is 0 Å². The van der Waals surface area contributed by atoms with E-state index in [-0.39, 0.29) is 26.1 Å². The number of aliphatic hydroxyl groups excluding tert-OH is 7. The van der Waals surface area contributed by atoms with E-state index in [1.54, 1.807) is 0 Å². The first-order valence-electron chi connectivity index (χ1n) is 20.6. The van der Waals surface area contributed by atoms with Crippen molar-refractivity contribution in [2.24, 2.45) is 0 Å². The van der Waals surface area contributed by atoms with Crippen molar-refractivity contribution in [3.8, 4) is 0 Å². The van der Waals surface area contributed by atoms with E-state index in [0.29, 0.717) is 12.8 Å². The highest BCUT2D eigenvalue weighted by molar-refractivity contribution is 5.70. The minimum absolute atomic E-state index is 0.171. The fraction of sp³-hybridized carbons (Fsp3) is 0.949. The van der Waals surface area contributed by atoms with Gasteiger partial charge in [-0.25, -0.2) is 0 Å². The number of ether oxygens (including phenoxy) is 6. The lowest BCUT2D eigenvalue weighted by Crippen LogP contribution is -2.61. The number of esters is 2. The van der Waals surface area contributed by atoms with Crippen molar-refractivity contribution in [1.82, 2.24) is 0 Å². The quantitative estimate of drug-likeness (QED) is 0.0411. The molecule has 0 amide bonds. The Morgan fingerprint density at radius 3 is 1.44 bits per heavy atom. The van der Waals surface area contributed by atoms with Gasteiger partial charge in [-0.05, 0) is 12.8 Å². The van der Waals surface area contributed by atoms with Gasteiger partial charge in [0, 0.05) is 12.8 Å². The molecule has 54 heavy (non-hydrogen) atoms. The number of carbonyl (C=O) groups excluding carboxylic acids is 2. The highest BCUT2D eigenvalue weighted by atomic mass is 16.7. The summed E-state index contributed by atoms with van der Waals surface area (Å²) < 4.78 is 33.2. The Kier molecular flexibility index (Phi) is 26.0. The summed E-state index contributed by atoms with van der Waals surface area (Å²) in [5.74, 6) is -0.935. The van der Waals surface area contributed by atoms with Crippen LogP contribution in [0.5, 0.6) is 0 Å². The number of rotatable bonds is 30. The Bertz CT molecular complexity index is 970. The summed E-state index contributed by atoms with van der Waals surface area (Å²) in [7, 11) is 0. The molecule has 0 spiro atoms. The highest BCUT2D eigenvalue weighted by Crippen LogP contribution is 2.26. The maximum absolute atomic E-state index is 12.8. The molecule has 318 valence electrons. The number of hydrogen-bond acceptors (Lipinski definition) is 15.